The minimum atomic E-state index is -3.52. The Morgan fingerprint density at radius 1 is 0.768 bits per heavy atom. The smallest absolute Gasteiger partial charge is 0.412 e. The average molecular weight is 930 g/mol. The van der Waals surface area contributed by atoms with Gasteiger partial charge in [0.25, 0.3) is 16.1 Å². The molecule has 0 unspecified atom stereocenters. The summed E-state index contributed by atoms with van der Waals surface area (Å²) >= 11 is 6.62. The highest BCUT2D eigenvalue weighted by molar-refractivity contribution is 9.10. The van der Waals surface area contributed by atoms with E-state index < -0.39 is 53.0 Å². The second kappa shape index (κ2) is 25.0. The van der Waals surface area contributed by atoms with Gasteiger partial charge in [-0.3, -0.25) is 25.0 Å². The minimum absolute atomic E-state index is 0. The lowest BCUT2D eigenvalue weighted by Gasteiger charge is -2.23. The SMILES string of the molecule is C.CC(C)C[C@H](OC(=O)Nc1ccc(Br)cc1)C(=O)CCCNS(=O)(=O)N(C)C.CN(CC(=O)O)C(=O)[C@H](Cc1ccccc1)OC(=O)Nc1ccc(Br)cc1. The monoisotopic (exact) mass is 927 g/mol. The molecule has 2 atom stereocenters. The van der Waals surface area contributed by atoms with Gasteiger partial charge < -0.3 is 19.5 Å². The van der Waals surface area contributed by atoms with Crippen LogP contribution >= 0.6 is 31.9 Å². The molecule has 0 aliphatic carbocycles. The zero-order chi connectivity index (χ0) is 41.1. The van der Waals surface area contributed by atoms with Crippen LogP contribution in [0.1, 0.15) is 46.1 Å². The van der Waals surface area contributed by atoms with Crippen LogP contribution in [0.5, 0.6) is 0 Å². The predicted molar refractivity (Wildman–Crippen MR) is 223 cm³/mol. The van der Waals surface area contributed by atoms with Gasteiger partial charge in [-0.1, -0.05) is 83.5 Å². The van der Waals surface area contributed by atoms with Crippen molar-refractivity contribution >= 4 is 83.3 Å². The number of rotatable bonds is 18. The van der Waals surface area contributed by atoms with Crippen molar-refractivity contribution in [3.05, 3.63) is 93.4 Å². The number of hydrogen-bond acceptors (Lipinski definition) is 9. The number of ketones is 1. The molecule has 3 amide bonds. The minimum Gasteiger partial charge on any atom is -0.480 e. The van der Waals surface area contributed by atoms with Crippen LogP contribution in [-0.2, 0) is 40.5 Å². The average Bonchev–Trinajstić information content (AvgIpc) is 3.11. The summed E-state index contributed by atoms with van der Waals surface area (Å²) in [5.41, 5.74) is 1.85. The molecule has 0 heterocycles. The number of carbonyl (C=O) groups is 5. The van der Waals surface area contributed by atoms with Crippen LogP contribution < -0.4 is 15.4 Å². The standard InChI is InChI=1S/C19H19BrN2O5.C18H28BrN3O5S.CH4/c1-22(12-17(23)24)18(25)16(11-13-5-3-2-4-6-13)27-19(26)21-15-9-7-14(20)8-10-15;1-13(2)12-17(16(23)6-5-11-20-28(25,26)22(3)4)27-18(24)21-15-9-7-14(19)8-10-15;/h2-10,16H,11-12H2,1H3,(H,21,26)(H,23,24);7-10,13,17,20H,5-6,11-12H2,1-4H3,(H,21,24);1H4/t16-;17-;/m00./s1. The fraction of sp³-hybridized carbons (Fsp3) is 0.395. The molecule has 0 saturated heterocycles. The molecule has 3 aromatic carbocycles. The van der Waals surface area contributed by atoms with Gasteiger partial charge in [-0.25, -0.2) is 14.3 Å². The van der Waals surface area contributed by atoms with E-state index in [0.29, 0.717) is 24.2 Å². The molecule has 18 heteroatoms. The van der Waals surface area contributed by atoms with Gasteiger partial charge >= 0.3 is 18.2 Å². The molecule has 15 nitrogen and oxygen atoms in total. The molecular weight excluding hydrogens is 878 g/mol. The summed E-state index contributed by atoms with van der Waals surface area (Å²) in [4.78, 5) is 61.3. The summed E-state index contributed by atoms with van der Waals surface area (Å²) in [6.07, 6.45) is -2.55. The van der Waals surface area contributed by atoms with E-state index in [1.54, 1.807) is 72.8 Å². The Kier molecular flexibility index (Phi) is 22.2. The molecule has 56 heavy (non-hydrogen) atoms. The summed E-state index contributed by atoms with van der Waals surface area (Å²) in [5, 5.41) is 14.0. The molecule has 3 rings (SSSR count). The number of amides is 3. The zero-order valence-electron chi connectivity index (χ0n) is 31.2. The number of aliphatic carboxylic acids is 1. The summed E-state index contributed by atoms with van der Waals surface area (Å²) < 4.78 is 39.1. The zero-order valence-corrected chi connectivity index (χ0v) is 35.1. The van der Waals surface area contributed by atoms with E-state index in [1.165, 1.54) is 21.1 Å². The third kappa shape index (κ3) is 19.5. The molecule has 4 N–H and O–H groups in total. The number of carbonyl (C=O) groups excluding carboxylic acids is 4. The largest absolute Gasteiger partial charge is 0.480 e. The van der Waals surface area contributed by atoms with E-state index in [9.17, 15) is 32.4 Å². The lowest BCUT2D eigenvalue weighted by atomic mass is 10.0. The van der Waals surface area contributed by atoms with Crippen molar-refractivity contribution in [2.75, 3.05) is 44.9 Å². The molecule has 0 bridgehead atoms. The van der Waals surface area contributed by atoms with Gasteiger partial charge in [-0.05, 0) is 72.9 Å². The van der Waals surface area contributed by atoms with Gasteiger partial charge in [0.05, 0.1) is 0 Å². The van der Waals surface area contributed by atoms with Crippen molar-refractivity contribution in [2.24, 2.45) is 5.92 Å². The van der Waals surface area contributed by atoms with Crippen molar-refractivity contribution in [1.29, 1.82) is 0 Å². The Morgan fingerprint density at radius 3 is 1.70 bits per heavy atom. The Bertz CT molecular complexity index is 1810. The molecule has 0 radical (unpaired) electrons. The predicted octanol–water partition coefficient (Wildman–Crippen LogP) is 6.95. The van der Waals surface area contributed by atoms with Crippen LogP contribution in [0.25, 0.3) is 0 Å². The quantitative estimate of drug-likeness (QED) is 0.0969. The highest BCUT2D eigenvalue weighted by Gasteiger charge is 2.28. The maximum Gasteiger partial charge on any atom is 0.412 e. The Morgan fingerprint density at radius 2 is 1.25 bits per heavy atom. The summed E-state index contributed by atoms with van der Waals surface area (Å²) in [6, 6.07) is 22.9. The van der Waals surface area contributed by atoms with Gasteiger partial charge in [0.15, 0.2) is 18.0 Å². The maximum atomic E-state index is 12.6. The number of carboxylic acids is 1. The first-order valence-corrected chi connectivity index (χ1v) is 20.1. The topological polar surface area (TPSA) is 201 Å². The number of carboxylic acid groups (broad SMARTS) is 1. The third-order valence-electron chi connectivity index (χ3n) is 7.38. The highest BCUT2D eigenvalue weighted by atomic mass is 79.9. The third-order valence-corrected chi connectivity index (χ3v) is 9.97. The molecule has 0 spiro atoms. The number of likely N-dealkylation sites (N-methyl/N-ethyl adjacent to an activating group) is 1. The Labute approximate surface area is 345 Å². The number of halogens is 2. The normalized spacial score (nSPS) is 11.9. The molecule has 0 saturated carbocycles. The van der Waals surface area contributed by atoms with Crippen LogP contribution in [0.15, 0.2) is 87.8 Å². The Balaban J connectivity index is 0.000000550. The first-order chi connectivity index (χ1) is 25.9. The molecule has 0 aliphatic heterocycles. The van der Waals surface area contributed by atoms with E-state index >= 15 is 0 Å². The van der Waals surface area contributed by atoms with Crippen LogP contribution in [-0.4, -0.2) is 99.0 Å². The summed E-state index contributed by atoms with van der Waals surface area (Å²) in [5.74, 6) is -1.82. The van der Waals surface area contributed by atoms with Gasteiger partial charge in [0, 0.05) is 60.8 Å². The van der Waals surface area contributed by atoms with Gasteiger partial charge in [-0.15, -0.1) is 0 Å². The first-order valence-electron chi connectivity index (χ1n) is 17.0. The highest BCUT2D eigenvalue weighted by Crippen LogP contribution is 2.18. The van der Waals surface area contributed by atoms with E-state index in [0.717, 1.165) is 23.7 Å². The Hall–Kier alpha value is -4.36. The fourth-order valence-corrected chi connectivity index (χ4v) is 5.77. The molecular formula is C38H51Br2N5O10S. The fourth-order valence-electron chi connectivity index (χ4n) is 4.58. The summed E-state index contributed by atoms with van der Waals surface area (Å²) in [7, 11) is 0.674. The first kappa shape index (κ1) is 49.7. The molecule has 0 aromatic heterocycles. The van der Waals surface area contributed by atoms with Gasteiger partial charge in [-0.2, -0.15) is 12.7 Å². The van der Waals surface area contributed by atoms with E-state index in [-0.39, 0.29) is 38.5 Å². The number of benzene rings is 3. The van der Waals surface area contributed by atoms with Crippen molar-refractivity contribution in [1.82, 2.24) is 13.9 Å². The number of anilines is 2. The second-order valence-electron chi connectivity index (χ2n) is 12.7. The lowest BCUT2D eigenvalue weighted by Crippen LogP contribution is -2.43. The van der Waals surface area contributed by atoms with Gasteiger partial charge in [0.2, 0.25) is 0 Å². The van der Waals surface area contributed by atoms with Crippen LogP contribution in [0.4, 0.5) is 21.0 Å². The van der Waals surface area contributed by atoms with Crippen LogP contribution in [0.2, 0.25) is 0 Å². The van der Waals surface area contributed by atoms with E-state index in [1.807, 2.05) is 19.9 Å². The second-order valence-corrected chi connectivity index (χ2v) is 16.5. The molecule has 0 fully saturated rings. The van der Waals surface area contributed by atoms with Crippen molar-refractivity contribution < 1.29 is 47.0 Å². The van der Waals surface area contributed by atoms with Crippen LogP contribution in [0.3, 0.4) is 0 Å². The van der Waals surface area contributed by atoms with Crippen molar-refractivity contribution in [3.63, 3.8) is 0 Å². The maximum absolute atomic E-state index is 12.6. The van der Waals surface area contributed by atoms with Crippen molar-refractivity contribution in [2.45, 2.75) is 59.2 Å². The number of nitrogens with one attached hydrogen (secondary N) is 3. The molecule has 308 valence electrons. The van der Waals surface area contributed by atoms with Crippen LogP contribution in [0, 0.1) is 5.92 Å². The van der Waals surface area contributed by atoms with E-state index in [4.69, 9.17) is 14.6 Å². The van der Waals surface area contributed by atoms with Crippen molar-refractivity contribution in [3.8, 4) is 0 Å². The van der Waals surface area contributed by atoms with E-state index in [2.05, 4.69) is 47.2 Å². The lowest BCUT2D eigenvalue weighted by molar-refractivity contribution is -0.147. The number of hydrogen-bond donors (Lipinski definition) is 4. The summed E-state index contributed by atoms with van der Waals surface area (Å²) in [6.45, 7) is 3.51. The molecule has 0 aliphatic rings. The number of Topliss-reactive ketones (excluding diaryl/α,β-unsaturated/α-hetero) is 1. The number of ether oxygens (including phenoxy) is 2. The van der Waals surface area contributed by atoms with Gasteiger partial charge in [0.1, 0.15) is 6.54 Å². The molecule has 3 aromatic rings. The number of nitrogens with zero attached hydrogens (tertiary/aromatic N) is 2.